The lowest BCUT2D eigenvalue weighted by atomic mass is 9.92. The highest BCUT2D eigenvalue weighted by atomic mass is 16.1. The molecule has 4 nitrogen and oxygen atoms in total. The lowest BCUT2D eigenvalue weighted by molar-refractivity contribution is 0.0966. The molecule has 30 heavy (non-hydrogen) atoms. The van der Waals surface area contributed by atoms with Crippen LogP contribution in [0.1, 0.15) is 46.0 Å². The molecule has 2 aliphatic rings. The maximum Gasteiger partial charge on any atom is 0.252 e. The molecule has 3 aromatic carbocycles. The van der Waals surface area contributed by atoms with Crippen LogP contribution in [0, 0.1) is 0 Å². The van der Waals surface area contributed by atoms with Crippen LogP contribution in [0.2, 0.25) is 0 Å². The van der Waals surface area contributed by atoms with Crippen molar-refractivity contribution in [3.63, 3.8) is 0 Å². The molecule has 0 radical (unpaired) electrons. The highest BCUT2D eigenvalue weighted by Gasteiger charge is 2.35. The van der Waals surface area contributed by atoms with Gasteiger partial charge in [0.05, 0.1) is 11.1 Å². The van der Waals surface area contributed by atoms with E-state index in [1.54, 1.807) is 0 Å². The molecule has 0 unspecified atom stereocenters. The summed E-state index contributed by atoms with van der Waals surface area (Å²) in [5.41, 5.74) is 16.8. The van der Waals surface area contributed by atoms with Gasteiger partial charge in [0.2, 0.25) is 0 Å². The summed E-state index contributed by atoms with van der Waals surface area (Å²) >= 11 is 0. The van der Waals surface area contributed by atoms with E-state index in [9.17, 15) is 4.79 Å². The number of hydrogen-bond donors (Lipinski definition) is 2. The molecular weight excluding hydrogens is 370 g/mol. The number of hydrogen-bond acceptors (Lipinski definition) is 2. The molecule has 4 heteroatoms. The number of aryl methyl sites for hydroxylation is 2. The van der Waals surface area contributed by atoms with Crippen LogP contribution in [0.3, 0.4) is 0 Å². The van der Waals surface area contributed by atoms with Crippen molar-refractivity contribution in [2.45, 2.75) is 39.3 Å². The predicted molar refractivity (Wildman–Crippen MR) is 122 cm³/mol. The highest BCUT2D eigenvalue weighted by molar-refractivity contribution is 6.20. The van der Waals surface area contributed by atoms with Crippen LogP contribution >= 0.6 is 0 Å². The fraction of sp³-hybridized carbons (Fsp3) is 0.269. The topological polar surface area (TPSA) is 60.0 Å². The maximum absolute atomic E-state index is 13.0. The number of benzene rings is 3. The average molecular weight is 396 g/mol. The van der Waals surface area contributed by atoms with Crippen LogP contribution in [0.4, 0.5) is 0 Å². The summed E-state index contributed by atoms with van der Waals surface area (Å²) < 4.78 is 2.46. The molecule has 0 atom stereocenters. The van der Waals surface area contributed by atoms with Crippen molar-refractivity contribution in [1.82, 2.24) is 9.88 Å². The molecule has 0 fully saturated rings. The van der Waals surface area contributed by atoms with E-state index in [4.69, 9.17) is 5.73 Å². The van der Waals surface area contributed by atoms with Gasteiger partial charge in [-0.1, -0.05) is 37.3 Å². The van der Waals surface area contributed by atoms with Gasteiger partial charge in [-0.25, -0.2) is 0 Å². The zero-order chi connectivity index (χ0) is 20.4. The molecule has 150 valence electrons. The molecule has 1 amide bonds. The van der Waals surface area contributed by atoms with Crippen molar-refractivity contribution in [3.8, 4) is 11.1 Å². The predicted octanol–water partition coefficient (Wildman–Crippen LogP) is 4.52. The number of carbonyl (C=O) groups excluding carboxylic acids is 1. The summed E-state index contributed by atoms with van der Waals surface area (Å²) in [5, 5.41) is 5.65. The third kappa shape index (κ3) is 2.23. The molecule has 0 spiro atoms. The van der Waals surface area contributed by atoms with Crippen LogP contribution in [-0.4, -0.2) is 17.0 Å². The standard InChI is InChI=1S/C26H25N3O/c1-2-15-8-9-21-18(12-15)23-20-14-28-26(30)24(20)22-17-7-4-3-6-16(17)13-19(22)25(23)29(21)11-5-10-27/h3-4,6-9,12H,2,5,10-11,13-14,27H2,1H3,(H,28,30). The molecule has 3 N–H and O–H groups in total. The molecule has 0 saturated carbocycles. The third-order valence-corrected chi connectivity index (χ3v) is 6.87. The van der Waals surface area contributed by atoms with Gasteiger partial charge in [0.25, 0.3) is 5.91 Å². The van der Waals surface area contributed by atoms with Gasteiger partial charge in [-0.2, -0.15) is 0 Å². The second kappa shape index (κ2) is 6.44. The van der Waals surface area contributed by atoms with E-state index in [0.29, 0.717) is 13.1 Å². The molecule has 1 aliphatic carbocycles. The first-order chi connectivity index (χ1) is 14.7. The van der Waals surface area contributed by atoms with Gasteiger partial charge in [-0.05, 0) is 59.3 Å². The Morgan fingerprint density at radius 2 is 1.97 bits per heavy atom. The first kappa shape index (κ1) is 17.7. The van der Waals surface area contributed by atoms with Crippen molar-refractivity contribution in [3.05, 3.63) is 70.3 Å². The molecular formula is C26H25N3O. The Hall–Kier alpha value is -3.11. The van der Waals surface area contributed by atoms with Gasteiger partial charge in [-0.15, -0.1) is 0 Å². The Morgan fingerprint density at radius 1 is 1.10 bits per heavy atom. The minimum Gasteiger partial charge on any atom is -0.348 e. The third-order valence-electron chi connectivity index (χ3n) is 6.87. The van der Waals surface area contributed by atoms with Gasteiger partial charge in [0, 0.05) is 41.4 Å². The van der Waals surface area contributed by atoms with E-state index in [-0.39, 0.29) is 5.91 Å². The van der Waals surface area contributed by atoms with Crippen LogP contribution in [0.15, 0.2) is 42.5 Å². The smallest absolute Gasteiger partial charge is 0.252 e. The molecule has 0 bridgehead atoms. The number of fused-ring (bicyclic) bond motifs is 10. The summed E-state index contributed by atoms with van der Waals surface area (Å²) in [5.74, 6) is 0.0642. The Kier molecular flexibility index (Phi) is 3.81. The Balaban J connectivity index is 1.82. The first-order valence-electron chi connectivity index (χ1n) is 10.9. The minimum absolute atomic E-state index is 0.0642. The number of nitrogens with zero attached hydrogens (tertiary/aromatic N) is 1. The molecule has 0 saturated heterocycles. The van der Waals surface area contributed by atoms with E-state index in [1.165, 1.54) is 44.1 Å². The number of carbonyl (C=O) groups is 1. The summed E-state index contributed by atoms with van der Waals surface area (Å²) in [6, 6.07) is 15.4. The van der Waals surface area contributed by atoms with E-state index >= 15 is 0 Å². The van der Waals surface area contributed by atoms with Crippen molar-refractivity contribution in [1.29, 1.82) is 0 Å². The molecule has 1 aromatic heterocycles. The number of aromatic nitrogens is 1. The lowest BCUT2D eigenvalue weighted by Gasteiger charge is -2.13. The molecule has 4 aromatic rings. The molecule has 1 aliphatic heterocycles. The summed E-state index contributed by atoms with van der Waals surface area (Å²) in [7, 11) is 0. The number of amides is 1. The minimum atomic E-state index is 0.0642. The zero-order valence-corrected chi connectivity index (χ0v) is 17.2. The largest absolute Gasteiger partial charge is 0.348 e. The summed E-state index contributed by atoms with van der Waals surface area (Å²) in [6.07, 6.45) is 2.81. The fourth-order valence-corrected chi connectivity index (χ4v) is 5.53. The van der Waals surface area contributed by atoms with Crippen LogP contribution in [0.25, 0.3) is 32.9 Å². The van der Waals surface area contributed by atoms with Crippen LogP contribution < -0.4 is 11.1 Å². The number of nitrogens with two attached hydrogens (primary N) is 1. The zero-order valence-electron chi connectivity index (χ0n) is 17.2. The Bertz CT molecular complexity index is 1360. The van der Waals surface area contributed by atoms with E-state index in [1.807, 2.05) is 0 Å². The lowest BCUT2D eigenvalue weighted by Crippen LogP contribution is -2.13. The second-order valence-corrected chi connectivity index (χ2v) is 8.45. The van der Waals surface area contributed by atoms with Crippen molar-refractivity contribution in [2.75, 3.05) is 6.54 Å². The van der Waals surface area contributed by atoms with Gasteiger partial charge in [-0.3, -0.25) is 4.79 Å². The van der Waals surface area contributed by atoms with E-state index in [2.05, 4.69) is 59.3 Å². The molecule has 6 rings (SSSR count). The van der Waals surface area contributed by atoms with Gasteiger partial charge >= 0.3 is 0 Å². The van der Waals surface area contributed by atoms with Gasteiger partial charge in [0.1, 0.15) is 0 Å². The Morgan fingerprint density at radius 3 is 2.80 bits per heavy atom. The number of nitrogens with one attached hydrogen (secondary N) is 1. The highest BCUT2D eigenvalue weighted by Crippen LogP contribution is 2.48. The van der Waals surface area contributed by atoms with E-state index < -0.39 is 0 Å². The van der Waals surface area contributed by atoms with Gasteiger partial charge in [0.15, 0.2) is 0 Å². The van der Waals surface area contributed by atoms with Crippen molar-refractivity contribution in [2.24, 2.45) is 5.73 Å². The first-order valence-corrected chi connectivity index (χ1v) is 10.9. The second-order valence-electron chi connectivity index (χ2n) is 8.45. The van der Waals surface area contributed by atoms with Crippen LogP contribution in [0.5, 0.6) is 0 Å². The summed E-state index contributed by atoms with van der Waals surface area (Å²) in [4.78, 5) is 13.0. The Labute approximate surface area is 175 Å². The van der Waals surface area contributed by atoms with E-state index in [0.717, 1.165) is 42.5 Å². The summed E-state index contributed by atoms with van der Waals surface area (Å²) in [6.45, 7) is 4.36. The average Bonchev–Trinajstić information content (AvgIpc) is 3.43. The SMILES string of the molecule is CCc1ccc2c(c1)c1c3c(c4c(c1n2CCCN)Cc1ccccc1-4)C(=O)NC3. The van der Waals surface area contributed by atoms with Crippen molar-refractivity contribution < 1.29 is 4.79 Å². The fourth-order valence-electron chi connectivity index (χ4n) is 5.53. The van der Waals surface area contributed by atoms with Gasteiger partial charge < -0.3 is 15.6 Å². The maximum atomic E-state index is 13.0. The monoisotopic (exact) mass is 395 g/mol. The molecule has 2 heterocycles. The quantitative estimate of drug-likeness (QED) is 0.470. The normalized spacial score (nSPS) is 14.3. The van der Waals surface area contributed by atoms with Crippen molar-refractivity contribution >= 4 is 27.7 Å². The number of rotatable bonds is 4. The van der Waals surface area contributed by atoms with Crippen LogP contribution in [-0.2, 0) is 25.9 Å².